The van der Waals surface area contributed by atoms with Gasteiger partial charge in [0, 0.05) is 0 Å². The SMILES string of the molecule is CCC1CCC(CC2CCCC2)(C(=O)O)C1. The third kappa shape index (κ3) is 2.26. The van der Waals surface area contributed by atoms with Crippen LogP contribution in [0.1, 0.15) is 64.7 Å². The van der Waals surface area contributed by atoms with E-state index in [4.69, 9.17) is 0 Å². The van der Waals surface area contributed by atoms with Crippen LogP contribution in [0, 0.1) is 17.3 Å². The van der Waals surface area contributed by atoms with Gasteiger partial charge in [-0.25, -0.2) is 0 Å². The van der Waals surface area contributed by atoms with Crippen molar-refractivity contribution in [3.05, 3.63) is 0 Å². The fourth-order valence-corrected chi connectivity index (χ4v) is 3.82. The summed E-state index contributed by atoms with van der Waals surface area (Å²) in [6.07, 6.45) is 10.3. The van der Waals surface area contributed by atoms with E-state index in [0.29, 0.717) is 11.8 Å². The first kappa shape index (κ1) is 11.9. The fourth-order valence-electron chi connectivity index (χ4n) is 3.82. The molecule has 2 heteroatoms. The zero-order valence-corrected chi connectivity index (χ0v) is 10.4. The van der Waals surface area contributed by atoms with Gasteiger partial charge in [-0.3, -0.25) is 4.79 Å². The molecule has 2 atom stereocenters. The Morgan fingerprint density at radius 1 is 1.25 bits per heavy atom. The van der Waals surface area contributed by atoms with E-state index in [-0.39, 0.29) is 5.41 Å². The summed E-state index contributed by atoms with van der Waals surface area (Å²) in [5.74, 6) is 0.847. The van der Waals surface area contributed by atoms with Crippen molar-refractivity contribution >= 4 is 5.97 Å². The van der Waals surface area contributed by atoms with Gasteiger partial charge in [0.25, 0.3) is 0 Å². The van der Waals surface area contributed by atoms with Crippen molar-refractivity contribution < 1.29 is 9.90 Å². The molecule has 0 heterocycles. The van der Waals surface area contributed by atoms with Crippen LogP contribution < -0.4 is 0 Å². The summed E-state index contributed by atoms with van der Waals surface area (Å²) in [6, 6.07) is 0. The zero-order chi connectivity index (χ0) is 11.6. The molecule has 92 valence electrons. The largest absolute Gasteiger partial charge is 0.481 e. The van der Waals surface area contributed by atoms with Crippen molar-refractivity contribution in [3.8, 4) is 0 Å². The number of rotatable bonds is 4. The molecule has 2 fully saturated rings. The highest BCUT2D eigenvalue weighted by Gasteiger charge is 2.46. The van der Waals surface area contributed by atoms with Gasteiger partial charge in [0.05, 0.1) is 5.41 Å². The third-order valence-corrected chi connectivity index (χ3v) is 4.90. The van der Waals surface area contributed by atoms with E-state index in [0.717, 1.165) is 32.1 Å². The van der Waals surface area contributed by atoms with E-state index in [1.54, 1.807) is 0 Å². The third-order valence-electron chi connectivity index (χ3n) is 4.90. The minimum atomic E-state index is -0.518. The summed E-state index contributed by atoms with van der Waals surface area (Å²) in [5.41, 5.74) is -0.352. The second-order valence-corrected chi connectivity index (χ2v) is 5.96. The smallest absolute Gasteiger partial charge is 0.309 e. The van der Waals surface area contributed by atoms with Gasteiger partial charge in [-0.2, -0.15) is 0 Å². The molecule has 0 spiro atoms. The van der Waals surface area contributed by atoms with Gasteiger partial charge in [-0.1, -0.05) is 39.0 Å². The second kappa shape index (κ2) is 4.77. The number of carbonyl (C=O) groups is 1. The highest BCUT2D eigenvalue weighted by molar-refractivity contribution is 5.75. The van der Waals surface area contributed by atoms with Gasteiger partial charge in [0.1, 0.15) is 0 Å². The van der Waals surface area contributed by atoms with E-state index < -0.39 is 5.97 Å². The molecule has 2 saturated carbocycles. The van der Waals surface area contributed by atoms with Crippen LogP contribution in [-0.2, 0) is 4.79 Å². The van der Waals surface area contributed by atoms with Crippen molar-refractivity contribution in [1.82, 2.24) is 0 Å². The lowest BCUT2D eigenvalue weighted by molar-refractivity contribution is -0.150. The maximum Gasteiger partial charge on any atom is 0.309 e. The monoisotopic (exact) mass is 224 g/mol. The summed E-state index contributed by atoms with van der Waals surface area (Å²) in [5, 5.41) is 9.54. The molecule has 2 aliphatic carbocycles. The van der Waals surface area contributed by atoms with Crippen LogP contribution in [0.2, 0.25) is 0 Å². The molecule has 16 heavy (non-hydrogen) atoms. The van der Waals surface area contributed by atoms with Crippen molar-refractivity contribution in [2.45, 2.75) is 64.7 Å². The Morgan fingerprint density at radius 2 is 1.94 bits per heavy atom. The average molecular weight is 224 g/mol. The van der Waals surface area contributed by atoms with Crippen LogP contribution in [0.25, 0.3) is 0 Å². The summed E-state index contributed by atoms with van der Waals surface area (Å²) in [6.45, 7) is 2.19. The Kier molecular flexibility index (Phi) is 3.56. The van der Waals surface area contributed by atoms with Crippen LogP contribution in [0.15, 0.2) is 0 Å². The first-order chi connectivity index (χ1) is 7.66. The molecule has 0 radical (unpaired) electrons. The average Bonchev–Trinajstić information content (AvgIpc) is 2.88. The van der Waals surface area contributed by atoms with E-state index in [1.807, 2.05) is 0 Å². The maximum atomic E-state index is 11.6. The Hall–Kier alpha value is -0.530. The minimum absolute atomic E-state index is 0.352. The summed E-state index contributed by atoms with van der Waals surface area (Å²) in [4.78, 5) is 11.6. The van der Waals surface area contributed by atoms with Crippen LogP contribution in [-0.4, -0.2) is 11.1 Å². The minimum Gasteiger partial charge on any atom is -0.481 e. The number of aliphatic carboxylic acids is 1. The molecular formula is C14H24O2. The van der Waals surface area contributed by atoms with E-state index >= 15 is 0 Å². The molecule has 2 aliphatic rings. The van der Waals surface area contributed by atoms with Gasteiger partial charge in [-0.15, -0.1) is 0 Å². The Labute approximate surface area is 98.4 Å². The van der Waals surface area contributed by atoms with Crippen LogP contribution in [0.5, 0.6) is 0 Å². The predicted octanol–water partition coefficient (Wildman–Crippen LogP) is 3.85. The summed E-state index contributed by atoms with van der Waals surface area (Å²) in [7, 11) is 0. The second-order valence-electron chi connectivity index (χ2n) is 5.96. The maximum absolute atomic E-state index is 11.6. The molecule has 0 aliphatic heterocycles. The van der Waals surface area contributed by atoms with Gasteiger partial charge in [0.15, 0.2) is 0 Å². The number of carboxylic acids is 1. The first-order valence-electron chi connectivity index (χ1n) is 6.89. The molecule has 2 unspecified atom stereocenters. The molecule has 2 rings (SSSR count). The molecule has 0 amide bonds. The van der Waals surface area contributed by atoms with Crippen LogP contribution >= 0.6 is 0 Å². The van der Waals surface area contributed by atoms with Gasteiger partial charge < -0.3 is 5.11 Å². The Bertz CT molecular complexity index is 255. The number of carboxylic acid groups (broad SMARTS) is 1. The molecule has 0 aromatic rings. The van der Waals surface area contributed by atoms with E-state index in [1.165, 1.54) is 25.7 Å². The standard InChI is InChI=1S/C14H24O2/c1-2-11-7-8-14(9-11,13(15)16)10-12-5-3-4-6-12/h11-12H,2-10H2,1H3,(H,15,16). The molecular weight excluding hydrogens is 200 g/mol. The van der Waals surface area contributed by atoms with E-state index in [2.05, 4.69) is 6.92 Å². The van der Waals surface area contributed by atoms with Crippen molar-refractivity contribution in [3.63, 3.8) is 0 Å². The van der Waals surface area contributed by atoms with Crippen molar-refractivity contribution in [2.24, 2.45) is 17.3 Å². The highest BCUT2D eigenvalue weighted by atomic mass is 16.4. The fraction of sp³-hybridized carbons (Fsp3) is 0.929. The van der Waals surface area contributed by atoms with Crippen LogP contribution in [0.4, 0.5) is 0 Å². The van der Waals surface area contributed by atoms with Crippen LogP contribution in [0.3, 0.4) is 0 Å². The molecule has 0 saturated heterocycles. The zero-order valence-electron chi connectivity index (χ0n) is 10.4. The molecule has 0 aromatic carbocycles. The molecule has 2 nitrogen and oxygen atoms in total. The summed E-state index contributed by atoms with van der Waals surface area (Å²) >= 11 is 0. The molecule has 0 bridgehead atoms. The topological polar surface area (TPSA) is 37.3 Å². The lowest BCUT2D eigenvalue weighted by atomic mass is 9.76. The van der Waals surface area contributed by atoms with E-state index in [9.17, 15) is 9.90 Å². The molecule has 1 N–H and O–H groups in total. The highest BCUT2D eigenvalue weighted by Crippen LogP contribution is 2.49. The Morgan fingerprint density at radius 3 is 2.44 bits per heavy atom. The molecule has 0 aromatic heterocycles. The Balaban J connectivity index is 2.01. The lowest BCUT2D eigenvalue weighted by Crippen LogP contribution is -2.30. The summed E-state index contributed by atoms with van der Waals surface area (Å²) < 4.78 is 0. The first-order valence-corrected chi connectivity index (χ1v) is 6.89. The van der Waals surface area contributed by atoms with Gasteiger partial charge in [-0.05, 0) is 37.5 Å². The predicted molar refractivity (Wildman–Crippen MR) is 64.3 cm³/mol. The number of hydrogen-bond acceptors (Lipinski definition) is 1. The van der Waals surface area contributed by atoms with Gasteiger partial charge in [0.2, 0.25) is 0 Å². The van der Waals surface area contributed by atoms with Crippen molar-refractivity contribution in [1.29, 1.82) is 0 Å². The lowest BCUT2D eigenvalue weighted by Gasteiger charge is -2.27. The van der Waals surface area contributed by atoms with Gasteiger partial charge >= 0.3 is 5.97 Å². The number of hydrogen-bond donors (Lipinski definition) is 1. The normalized spacial score (nSPS) is 35.7. The van der Waals surface area contributed by atoms with Crippen molar-refractivity contribution in [2.75, 3.05) is 0 Å². The quantitative estimate of drug-likeness (QED) is 0.787.